The molecule has 0 unspecified atom stereocenters. The number of hydrogen-bond acceptors (Lipinski definition) is 6. The second-order valence-electron chi connectivity index (χ2n) is 14.0. The Morgan fingerprint density at radius 2 is 1.71 bits per heavy atom. The number of aliphatic hydroxyl groups excluding tert-OH is 1. The number of esters is 1. The van der Waals surface area contributed by atoms with Crippen molar-refractivity contribution >= 4 is 14.3 Å². The SMILES string of the molecule is COC(=O)/C=C(C)/C=C/[C@@H]1O[C@]2(CC[C@@H]1C)CC[C@H](C)[C@@H](C/C=C(C)/C=C/[C@H](O[Si](C)(C)C(C)(C)C)[C@@H](C)CO)O2. The molecule has 0 aromatic carbocycles. The molecule has 0 aromatic rings. The van der Waals surface area contributed by atoms with Crippen molar-refractivity contribution in [2.24, 2.45) is 17.8 Å². The summed E-state index contributed by atoms with van der Waals surface area (Å²) in [5, 5.41) is 9.97. The van der Waals surface area contributed by atoms with Crippen LogP contribution < -0.4 is 0 Å². The van der Waals surface area contributed by atoms with Gasteiger partial charge in [-0.15, -0.1) is 0 Å². The number of ether oxygens (including phenoxy) is 3. The molecule has 2 rings (SSSR count). The lowest BCUT2D eigenvalue weighted by molar-refractivity contribution is -0.323. The molecule has 0 radical (unpaired) electrons. The van der Waals surface area contributed by atoms with Gasteiger partial charge in [0.25, 0.3) is 0 Å². The summed E-state index contributed by atoms with van der Waals surface area (Å²) < 4.78 is 24.8. The Labute approximate surface area is 251 Å². The fourth-order valence-corrected chi connectivity index (χ4v) is 6.37. The molecule has 41 heavy (non-hydrogen) atoms. The lowest BCUT2D eigenvalue weighted by Crippen LogP contribution is -2.51. The van der Waals surface area contributed by atoms with Crippen LogP contribution in [0.25, 0.3) is 0 Å². The van der Waals surface area contributed by atoms with Gasteiger partial charge < -0.3 is 23.7 Å². The van der Waals surface area contributed by atoms with Gasteiger partial charge in [-0.25, -0.2) is 4.79 Å². The zero-order valence-electron chi connectivity index (χ0n) is 27.7. The van der Waals surface area contributed by atoms with Crippen LogP contribution in [0.4, 0.5) is 0 Å². The Morgan fingerprint density at radius 3 is 2.29 bits per heavy atom. The molecule has 7 heteroatoms. The third kappa shape index (κ3) is 10.6. The van der Waals surface area contributed by atoms with Crippen LogP contribution in [0.2, 0.25) is 18.1 Å². The van der Waals surface area contributed by atoms with Gasteiger partial charge in [0, 0.05) is 31.4 Å². The first-order valence-corrected chi connectivity index (χ1v) is 18.4. The first-order valence-electron chi connectivity index (χ1n) is 15.5. The summed E-state index contributed by atoms with van der Waals surface area (Å²) >= 11 is 0. The summed E-state index contributed by atoms with van der Waals surface area (Å²) in [6.45, 7) is 21.9. The third-order valence-electron chi connectivity index (χ3n) is 9.28. The van der Waals surface area contributed by atoms with Gasteiger partial charge in [-0.2, -0.15) is 0 Å². The molecule has 0 amide bonds. The van der Waals surface area contributed by atoms with Crippen molar-refractivity contribution in [1.82, 2.24) is 0 Å². The molecule has 234 valence electrons. The molecular weight excluding hydrogens is 532 g/mol. The second kappa shape index (κ2) is 15.3. The minimum absolute atomic E-state index is 0.0299. The lowest BCUT2D eigenvalue weighted by Gasteiger charge is -2.49. The molecule has 1 N–H and O–H groups in total. The third-order valence-corrected chi connectivity index (χ3v) is 13.7. The maximum Gasteiger partial charge on any atom is 0.330 e. The van der Waals surface area contributed by atoms with E-state index in [0.717, 1.165) is 37.7 Å². The number of methoxy groups -OCH3 is 1. The van der Waals surface area contributed by atoms with E-state index in [-0.39, 0.29) is 41.8 Å². The minimum Gasteiger partial charge on any atom is -0.466 e. The average Bonchev–Trinajstić information content (AvgIpc) is 2.90. The Hall–Kier alpha value is -1.51. The van der Waals surface area contributed by atoms with Gasteiger partial charge in [0.15, 0.2) is 14.1 Å². The molecule has 2 aliphatic heterocycles. The number of allylic oxidation sites excluding steroid dienone is 4. The first-order chi connectivity index (χ1) is 19.0. The molecule has 0 bridgehead atoms. The van der Waals surface area contributed by atoms with Crippen molar-refractivity contribution in [3.05, 3.63) is 47.6 Å². The maximum atomic E-state index is 11.6. The van der Waals surface area contributed by atoms with Gasteiger partial charge >= 0.3 is 5.97 Å². The van der Waals surface area contributed by atoms with Crippen molar-refractivity contribution in [3.8, 4) is 0 Å². The van der Waals surface area contributed by atoms with Crippen LogP contribution in [-0.4, -0.2) is 57.2 Å². The molecule has 6 nitrogen and oxygen atoms in total. The van der Waals surface area contributed by atoms with Crippen LogP contribution in [0, 0.1) is 17.8 Å². The number of aliphatic hydroxyl groups is 1. The highest BCUT2D eigenvalue weighted by atomic mass is 28.4. The second-order valence-corrected chi connectivity index (χ2v) is 18.8. The van der Waals surface area contributed by atoms with E-state index in [1.165, 1.54) is 18.8 Å². The van der Waals surface area contributed by atoms with E-state index in [2.05, 4.69) is 78.9 Å². The van der Waals surface area contributed by atoms with Gasteiger partial charge in [0.2, 0.25) is 0 Å². The summed E-state index contributed by atoms with van der Waals surface area (Å²) in [5.41, 5.74) is 2.00. The molecule has 2 aliphatic rings. The van der Waals surface area contributed by atoms with E-state index in [1.54, 1.807) is 0 Å². The maximum absolute atomic E-state index is 11.6. The molecule has 0 aromatic heterocycles. The van der Waals surface area contributed by atoms with E-state index in [0.29, 0.717) is 11.8 Å². The van der Waals surface area contributed by atoms with Crippen molar-refractivity contribution in [1.29, 1.82) is 0 Å². The standard InChI is InChI=1S/C34H58O6Si/c1-24(13-17-31(28(5)23-35)40-41(10,11)33(6,7)8)12-15-29-26(3)18-20-34(38-29)21-19-27(4)30(39-34)16-14-25(2)22-32(36)37-9/h12-14,16-17,22,26-31,35H,15,18-21,23H2,1-11H3/b16-14+,17-13+,24-12+,25-22+/t26-,27-,28-,29+,30-,31-,34-/m0/s1. The van der Waals surface area contributed by atoms with Crippen molar-refractivity contribution in [3.63, 3.8) is 0 Å². The fraction of sp³-hybridized carbons (Fsp3) is 0.735. The highest BCUT2D eigenvalue weighted by Gasteiger charge is 2.45. The Bertz CT molecular complexity index is 970. The van der Waals surface area contributed by atoms with Gasteiger partial charge in [-0.05, 0) is 68.7 Å². The molecule has 1 spiro atoms. The lowest BCUT2D eigenvalue weighted by atomic mass is 9.83. The molecular formula is C34H58O6Si. The summed E-state index contributed by atoms with van der Waals surface area (Å²) in [7, 11) is -0.588. The molecule has 7 atom stereocenters. The first kappa shape index (κ1) is 35.7. The molecule has 2 fully saturated rings. The number of hydrogen-bond donors (Lipinski definition) is 1. The normalized spacial score (nSPS) is 30.2. The molecule has 2 saturated heterocycles. The molecule has 0 aliphatic carbocycles. The van der Waals surface area contributed by atoms with E-state index in [1.807, 2.05) is 19.9 Å². The van der Waals surface area contributed by atoms with Gasteiger partial charge in [0.1, 0.15) is 0 Å². The van der Waals surface area contributed by atoms with Crippen LogP contribution in [0.3, 0.4) is 0 Å². The van der Waals surface area contributed by atoms with Gasteiger partial charge in [0.05, 0.1) is 25.4 Å². The van der Waals surface area contributed by atoms with E-state index in [9.17, 15) is 9.90 Å². The smallest absolute Gasteiger partial charge is 0.330 e. The van der Waals surface area contributed by atoms with Crippen molar-refractivity contribution in [2.75, 3.05) is 13.7 Å². The summed E-state index contributed by atoms with van der Waals surface area (Å²) in [4.78, 5) is 11.6. The minimum atomic E-state index is -1.97. The largest absolute Gasteiger partial charge is 0.466 e. The Balaban J connectivity index is 2.10. The van der Waals surface area contributed by atoms with E-state index in [4.69, 9.17) is 18.6 Å². The van der Waals surface area contributed by atoms with E-state index < -0.39 is 14.1 Å². The zero-order chi connectivity index (χ0) is 31.0. The highest BCUT2D eigenvalue weighted by molar-refractivity contribution is 6.74. The molecule has 2 heterocycles. The molecule has 0 saturated carbocycles. The summed E-state index contributed by atoms with van der Waals surface area (Å²) in [6.07, 6.45) is 16.6. The highest BCUT2D eigenvalue weighted by Crippen LogP contribution is 2.44. The van der Waals surface area contributed by atoms with Crippen LogP contribution in [0.5, 0.6) is 0 Å². The van der Waals surface area contributed by atoms with Gasteiger partial charge in [-0.1, -0.05) is 77.5 Å². The number of carbonyl (C=O) groups excluding carboxylic acids is 1. The Kier molecular flexibility index (Phi) is 13.3. The van der Waals surface area contributed by atoms with Gasteiger partial charge in [-0.3, -0.25) is 0 Å². The zero-order valence-corrected chi connectivity index (χ0v) is 28.7. The summed E-state index contributed by atoms with van der Waals surface area (Å²) in [6, 6.07) is 0. The predicted molar refractivity (Wildman–Crippen MR) is 170 cm³/mol. The van der Waals surface area contributed by atoms with E-state index >= 15 is 0 Å². The fourth-order valence-electron chi connectivity index (χ4n) is 5.02. The van der Waals surface area contributed by atoms with Crippen molar-refractivity contribution < 1.29 is 28.5 Å². The monoisotopic (exact) mass is 590 g/mol. The van der Waals surface area contributed by atoms with Crippen LogP contribution >= 0.6 is 0 Å². The number of carbonyl (C=O) groups is 1. The van der Waals surface area contributed by atoms with Crippen LogP contribution in [0.15, 0.2) is 47.6 Å². The van der Waals surface area contributed by atoms with Crippen LogP contribution in [0.1, 0.15) is 87.5 Å². The quantitative estimate of drug-likeness (QED) is 0.114. The average molecular weight is 591 g/mol. The predicted octanol–water partition coefficient (Wildman–Crippen LogP) is 7.90. The topological polar surface area (TPSA) is 74.2 Å². The van der Waals surface area contributed by atoms with Crippen LogP contribution in [-0.2, 0) is 23.4 Å². The summed E-state index contributed by atoms with van der Waals surface area (Å²) in [5.74, 6) is -0.0653. The number of rotatable bonds is 11. The Morgan fingerprint density at radius 1 is 1.07 bits per heavy atom. The van der Waals surface area contributed by atoms with Crippen molar-refractivity contribution in [2.45, 2.75) is 130 Å².